The minimum atomic E-state index is 0.618. The van der Waals surface area contributed by atoms with Crippen molar-refractivity contribution in [2.24, 2.45) is 5.92 Å². The maximum Gasteiger partial charge on any atom is 0.222 e. The van der Waals surface area contributed by atoms with Gasteiger partial charge in [0.25, 0.3) is 0 Å². The summed E-state index contributed by atoms with van der Waals surface area (Å²) in [5, 5.41) is 3.15. The number of halogens is 1. The number of hydrogen-bond acceptors (Lipinski definition) is 3. The van der Waals surface area contributed by atoms with E-state index in [1.54, 1.807) is 12.4 Å². The number of anilines is 1. The second-order valence-corrected chi connectivity index (χ2v) is 4.25. The van der Waals surface area contributed by atoms with E-state index in [1.165, 1.54) is 0 Å². The van der Waals surface area contributed by atoms with Crippen molar-refractivity contribution in [3.05, 3.63) is 16.0 Å². The minimum absolute atomic E-state index is 0.618. The Kier molecular flexibility index (Phi) is 3.71. The summed E-state index contributed by atoms with van der Waals surface area (Å²) in [5.74, 6) is 1.33. The number of rotatable bonds is 3. The Hall–Kier alpha value is -0.390. The number of nitrogens with one attached hydrogen (secondary N) is 1. The maximum absolute atomic E-state index is 4.12. The fourth-order valence-corrected chi connectivity index (χ4v) is 0.978. The first-order chi connectivity index (χ1) is 5.68. The molecule has 3 nitrogen and oxygen atoms in total. The van der Waals surface area contributed by atoms with Crippen molar-refractivity contribution in [2.45, 2.75) is 13.8 Å². The average Bonchev–Trinajstić information content (AvgIpc) is 2.03. The van der Waals surface area contributed by atoms with Crippen LogP contribution in [0.2, 0.25) is 0 Å². The quantitative estimate of drug-likeness (QED) is 0.860. The van der Waals surface area contributed by atoms with Crippen LogP contribution in [0.25, 0.3) is 0 Å². The van der Waals surface area contributed by atoms with Crippen LogP contribution in [-0.2, 0) is 0 Å². The summed E-state index contributed by atoms with van der Waals surface area (Å²) >= 11 is 2.19. The van der Waals surface area contributed by atoms with E-state index >= 15 is 0 Å². The molecule has 66 valence electrons. The molecule has 0 fully saturated rings. The van der Waals surface area contributed by atoms with Gasteiger partial charge < -0.3 is 5.32 Å². The normalized spacial score (nSPS) is 10.3. The first-order valence-corrected chi connectivity index (χ1v) is 4.98. The SMILES string of the molecule is CC(C)CNc1ncc(I)cn1. The molecule has 0 amide bonds. The van der Waals surface area contributed by atoms with Gasteiger partial charge in [0.2, 0.25) is 5.95 Å². The van der Waals surface area contributed by atoms with Crippen molar-refractivity contribution in [1.29, 1.82) is 0 Å². The lowest BCUT2D eigenvalue weighted by atomic mass is 10.2. The maximum atomic E-state index is 4.12. The molecule has 0 aliphatic heterocycles. The third-order valence-electron chi connectivity index (χ3n) is 1.29. The standard InChI is InChI=1S/C8H12IN3/c1-6(2)3-10-8-11-4-7(9)5-12-8/h4-6H,3H2,1-2H3,(H,10,11,12). The van der Waals surface area contributed by atoms with Crippen LogP contribution < -0.4 is 5.32 Å². The van der Waals surface area contributed by atoms with Crippen LogP contribution in [0.1, 0.15) is 13.8 Å². The van der Waals surface area contributed by atoms with Gasteiger partial charge in [-0.25, -0.2) is 9.97 Å². The first kappa shape index (κ1) is 9.70. The third-order valence-corrected chi connectivity index (χ3v) is 1.85. The van der Waals surface area contributed by atoms with Gasteiger partial charge in [-0.3, -0.25) is 0 Å². The van der Waals surface area contributed by atoms with Crippen molar-refractivity contribution < 1.29 is 0 Å². The molecule has 0 radical (unpaired) electrons. The van der Waals surface area contributed by atoms with Gasteiger partial charge in [0.1, 0.15) is 0 Å². The lowest BCUT2D eigenvalue weighted by molar-refractivity contribution is 0.684. The minimum Gasteiger partial charge on any atom is -0.354 e. The topological polar surface area (TPSA) is 37.8 Å². The van der Waals surface area contributed by atoms with Gasteiger partial charge in [0, 0.05) is 22.5 Å². The zero-order valence-electron chi connectivity index (χ0n) is 7.21. The Balaban J connectivity index is 2.48. The van der Waals surface area contributed by atoms with E-state index in [-0.39, 0.29) is 0 Å². The van der Waals surface area contributed by atoms with Gasteiger partial charge in [-0.2, -0.15) is 0 Å². The van der Waals surface area contributed by atoms with E-state index < -0.39 is 0 Å². The Labute approximate surface area is 86.1 Å². The molecule has 4 heteroatoms. The van der Waals surface area contributed by atoms with Crippen LogP contribution in [0.5, 0.6) is 0 Å². The molecule has 1 N–H and O–H groups in total. The molecule has 0 aliphatic rings. The molecule has 1 aromatic heterocycles. The molecule has 0 unspecified atom stereocenters. The highest BCUT2D eigenvalue weighted by atomic mass is 127. The van der Waals surface area contributed by atoms with E-state index in [0.717, 1.165) is 10.1 Å². The molecule has 1 rings (SSSR count). The van der Waals surface area contributed by atoms with Crippen LogP contribution >= 0.6 is 22.6 Å². The Morgan fingerprint density at radius 2 is 2.00 bits per heavy atom. The molecule has 0 bridgehead atoms. The van der Waals surface area contributed by atoms with E-state index in [0.29, 0.717) is 11.9 Å². The third kappa shape index (κ3) is 3.34. The van der Waals surface area contributed by atoms with Gasteiger partial charge in [-0.15, -0.1) is 0 Å². The van der Waals surface area contributed by atoms with Crippen LogP contribution in [-0.4, -0.2) is 16.5 Å². The van der Waals surface area contributed by atoms with E-state index in [9.17, 15) is 0 Å². The second-order valence-electron chi connectivity index (χ2n) is 3.00. The summed E-state index contributed by atoms with van der Waals surface area (Å²) in [4.78, 5) is 8.24. The Bertz CT molecular complexity index is 233. The molecule has 0 spiro atoms. The number of hydrogen-bond donors (Lipinski definition) is 1. The summed E-state index contributed by atoms with van der Waals surface area (Å²) < 4.78 is 1.06. The highest BCUT2D eigenvalue weighted by Crippen LogP contribution is 2.03. The van der Waals surface area contributed by atoms with E-state index in [4.69, 9.17) is 0 Å². The van der Waals surface area contributed by atoms with Crippen molar-refractivity contribution in [3.8, 4) is 0 Å². The van der Waals surface area contributed by atoms with Crippen LogP contribution in [0, 0.1) is 9.49 Å². The van der Waals surface area contributed by atoms with Crippen molar-refractivity contribution >= 4 is 28.5 Å². The summed E-state index contributed by atoms with van der Waals surface area (Å²) in [6.45, 7) is 5.22. The van der Waals surface area contributed by atoms with Gasteiger partial charge >= 0.3 is 0 Å². The van der Waals surface area contributed by atoms with E-state index in [1.807, 2.05) is 0 Å². The van der Waals surface area contributed by atoms with Crippen LogP contribution in [0.4, 0.5) is 5.95 Å². The summed E-state index contributed by atoms with van der Waals surface area (Å²) in [7, 11) is 0. The van der Waals surface area contributed by atoms with Gasteiger partial charge in [0.15, 0.2) is 0 Å². The van der Waals surface area contributed by atoms with Crippen LogP contribution in [0.3, 0.4) is 0 Å². The molecule has 1 aromatic rings. The first-order valence-electron chi connectivity index (χ1n) is 3.90. The summed E-state index contributed by atoms with van der Waals surface area (Å²) in [6, 6.07) is 0. The van der Waals surface area contributed by atoms with Crippen molar-refractivity contribution in [1.82, 2.24) is 9.97 Å². The predicted molar refractivity (Wildman–Crippen MR) is 58.1 cm³/mol. The number of nitrogens with zero attached hydrogens (tertiary/aromatic N) is 2. The second kappa shape index (κ2) is 4.59. The predicted octanol–water partition coefficient (Wildman–Crippen LogP) is 2.15. The zero-order valence-corrected chi connectivity index (χ0v) is 9.37. The smallest absolute Gasteiger partial charge is 0.222 e. The molecule has 12 heavy (non-hydrogen) atoms. The lowest BCUT2D eigenvalue weighted by Gasteiger charge is -2.05. The monoisotopic (exact) mass is 277 g/mol. The fourth-order valence-electron chi connectivity index (χ4n) is 0.699. The van der Waals surface area contributed by atoms with Gasteiger partial charge in [-0.1, -0.05) is 13.8 Å². The van der Waals surface area contributed by atoms with Crippen LogP contribution in [0.15, 0.2) is 12.4 Å². The highest BCUT2D eigenvalue weighted by molar-refractivity contribution is 14.1. The fraction of sp³-hybridized carbons (Fsp3) is 0.500. The zero-order chi connectivity index (χ0) is 8.97. The molecule has 0 saturated heterocycles. The Morgan fingerprint density at radius 3 is 2.50 bits per heavy atom. The largest absolute Gasteiger partial charge is 0.354 e. The molecular formula is C8H12IN3. The van der Waals surface area contributed by atoms with Gasteiger partial charge in [0.05, 0.1) is 0 Å². The summed E-state index contributed by atoms with van der Waals surface area (Å²) in [6.07, 6.45) is 3.60. The summed E-state index contributed by atoms with van der Waals surface area (Å²) in [5.41, 5.74) is 0. The molecular weight excluding hydrogens is 265 g/mol. The Morgan fingerprint density at radius 1 is 1.42 bits per heavy atom. The molecule has 0 atom stereocenters. The lowest BCUT2D eigenvalue weighted by Crippen LogP contribution is -2.10. The van der Waals surface area contributed by atoms with Gasteiger partial charge in [-0.05, 0) is 28.5 Å². The molecule has 0 saturated carbocycles. The average molecular weight is 277 g/mol. The van der Waals surface area contributed by atoms with Crippen molar-refractivity contribution in [2.75, 3.05) is 11.9 Å². The van der Waals surface area contributed by atoms with Crippen molar-refractivity contribution in [3.63, 3.8) is 0 Å². The number of aromatic nitrogens is 2. The molecule has 0 aliphatic carbocycles. The van der Waals surface area contributed by atoms with E-state index in [2.05, 4.69) is 51.7 Å². The molecule has 1 heterocycles. The molecule has 0 aromatic carbocycles. The highest BCUT2D eigenvalue weighted by Gasteiger charge is 1.96.